The van der Waals surface area contributed by atoms with Crippen LogP contribution in [0.2, 0.25) is 5.02 Å². The first kappa shape index (κ1) is 18.3. The van der Waals surface area contributed by atoms with Crippen molar-refractivity contribution in [2.75, 3.05) is 0 Å². The van der Waals surface area contributed by atoms with E-state index in [0.717, 1.165) is 12.1 Å². The first-order chi connectivity index (χ1) is 10.3. The van der Waals surface area contributed by atoms with Gasteiger partial charge in [0, 0.05) is 5.02 Å². The maximum absolute atomic E-state index is 12.8. The van der Waals surface area contributed by atoms with Gasteiger partial charge in [-0.2, -0.15) is 26.3 Å². The largest absolute Gasteiger partial charge is 0.402 e. The predicted molar refractivity (Wildman–Crippen MR) is 69.3 cm³/mol. The first-order valence-corrected chi connectivity index (χ1v) is 8.07. The molecule has 130 valence electrons. The molecule has 0 bridgehead atoms. The second-order valence-corrected chi connectivity index (χ2v) is 7.35. The van der Waals surface area contributed by atoms with Gasteiger partial charge in [0.05, 0.1) is 10.4 Å². The topological polar surface area (TPSA) is 46.2 Å². The summed E-state index contributed by atoms with van der Waals surface area (Å²) in [7, 11) is -4.55. The molecule has 1 aromatic carbocycles. The molecule has 1 fully saturated rings. The molecule has 0 saturated heterocycles. The molecule has 11 heteroatoms. The maximum atomic E-state index is 12.8. The van der Waals surface area contributed by atoms with Crippen LogP contribution < -0.4 is 4.72 Å². The molecule has 1 N–H and O–H groups in total. The van der Waals surface area contributed by atoms with Crippen LogP contribution >= 0.6 is 11.6 Å². The monoisotopic (exact) mass is 381 g/mol. The lowest BCUT2D eigenvalue weighted by Crippen LogP contribution is -2.54. The fourth-order valence-corrected chi connectivity index (χ4v) is 3.93. The molecule has 1 aliphatic carbocycles. The van der Waals surface area contributed by atoms with E-state index in [-0.39, 0.29) is 5.02 Å². The summed E-state index contributed by atoms with van der Waals surface area (Å²) in [6, 6.07) is 4.33. The lowest BCUT2D eigenvalue weighted by molar-refractivity contribution is -0.293. The summed E-state index contributed by atoms with van der Waals surface area (Å²) in [5.74, 6) is -3.76. The highest BCUT2D eigenvalue weighted by atomic mass is 35.5. The van der Waals surface area contributed by atoms with E-state index in [1.165, 1.54) is 12.1 Å². The number of benzene rings is 1. The number of alkyl halides is 6. The molecule has 0 aromatic heterocycles. The maximum Gasteiger partial charge on any atom is 0.402 e. The molecule has 0 amide bonds. The van der Waals surface area contributed by atoms with E-state index in [9.17, 15) is 34.8 Å². The number of nitrogens with one attached hydrogen (secondary N) is 1. The Morgan fingerprint density at radius 1 is 1.00 bits per heavy atom. The fourth-order valence-electron chi connectivity index (χ4n) is 2.34. The molecule has 23 heavy (non-hydrogen) atoms. The van der Waals surface area contributed by atoms with Crippen LogP contribution in [0.5, 0.6) is 0 Å². The van der Waals surface area contributed by atoms with E-state index in [0.29, 0.717) is 0 Å². The van der Waals surface area contributed by atoms with E-state index in [2.05, 4.69) is 0 Å². The Kier molecular flexibility index (Phi) is 4.40. The molecule has 0 aliphatic heterocycles. The summed E-state index contributed by atoms with van der Waals surface area (Å²) in [5.41, 5.74) is -2.60. The Morgan fingerprint density at radius 2 is 1.43 bits per heavy atom. The normalized spacial score (nSPS) is 18.3. The van der Waals surface area contributed by atoms with Crippen molar-refractivity contribution in [1.82, 2.24) is 4.72 Å². The zero-order chi connectivity index (χ0) is 17.7. The lowest BCUT2D eigenvalue weighted by Gasteiger charge is -2.31. The van der Waals surface area contributed by atoms with Crippen LogP contribution in [0, 0.1) is 5.92 Å². The van der Waals surface area contributed by atoms with Crippen molar-refractivity contribution in [1.29, 1.82) is 0 Å². The van der Waals surface area contributed by atoms with Crippen molar-refractivity contribution in [3.8, 4) is 0 Å². The third-order valence-electron chi connectivity index (χ3n) is 3.46. The molecule has 1 aromatic rings. The van der Waals surface area contributed by atoms with Gasteiger partial charge in [0.25, 0.3) is 0 Å². The van der Waals surface area contributed by atoms with Gasteiger partial charge < -0.3 is 0 Å². The van der Waals surface area contributed by atoms with E-state index in [1.807, 2.05) is 0 Å². The number of halogens is 7. The summed E-state index contributed by atoms with van der Waals surface area (Å²) in [6.07, 6.45) is -12.3. The van der Waals surface area contributed by atoms with Gasteiger partial charge in [0.1, 0.15) is 0 Å². The number of sulfonamides is 1. The van der Waals surface area contributed by atoms with E-state index in [1.54, 1.807) is 4.72 Å². The summed E-state index contributed by atoms with van der Waals surface area (Å²) in [5, 5.41) is 0.175. The van der Waals surface area contributed by atoms with E-state index < -0.39 is 51.6 Å². The molecule has 0 spiro atoms. The molecule has 3 nitrogen and oxygen atoms in total. The third-order valence-corrected chi connectivity index (χ3v) is 5.28. The van der Waals surface area contributed by atoms with Crippen molar-refractivity contribution >= 4 is 21.6 Å². The zero-order valence-corrected chi connectivity index (χ0v) is 12.7. The molecule has 0 radical (unpaired) electrons. The van der Waals surface area contributed by atoms with Crippen LogP contribution in [0.4, 0.5) is 26.3 Å². The minimum Gasteiger partial charge on any atom is -0.207 e. The molecule has 0 atom stereocenters. The number of hydrogen-bond donors (Lipinski definition) is 1. The van der Waals surface area contributed by atoms with Crippen LogP contribution in [0.3, 0.4) is 0 Å². The third kappa shape index (κ3) is 3.92. The van der Waals surface area contributed by atoms with Gasteiger partial charge in [-0.1, -0.05) is 11.6 Å². The fraction of sp³-hybridized carbons (Fsp3) is 0.500. The van der Waals surface area contributed by atoms with Crippen molar-refractivity contribution in [2.24, 2.45) is 5.92 Å². The minimum atomic E-state index is -5.61. The van der Waals surface area contributed by atoms with Crippen LogP contribution in [0.15, 0.2) is 29.2 Å². The quantitative estimate of drug-likeness (QED) is 0.804. The molecular weight excluding hydrogens is 372 g/mol. The SMILES string of the molecule is O=S(=O)(NC1(C(C(F)(F)F)C(F)(F)F)CC1)c1ccc(Cl)cc1. The van der Waals surface area contributed by atoms with Crippen LogP contribution in [-0.2, 0) is 10.0 Å². The Balaban J connectivity index is 2.35. The van der Waals surface area contributed by atoms with Crippen molar-refractivity contribution < 1.29 is 34.8 Å². The van der Waals surface area contributed by atoms with Crippen LogP contribution in [0.25, 0.3) is 0 Å². The average Bonchev–Trinajstić information content (AvgIpc) is 3.04. The predicted octanol–water partition coefficient (Wildman–Crippen LogP) is 3.89. The summed E-state index contributed by atoms with van der Waals surface area (Å²) in [4.78, 5) is -0.462. The molecule has 0 heterocycles. The Morgan fingerprint density at radius 3 is 1.78 bits per heavy atom. The number of hydrogen-bond acceptors (Lipinski definition) is 2. The second kappa shape index (κ2) is 5.52. The molecule has 1 aliphatic rings. The second-order valence-electron chi connectivity index (χ2n) is 5.23. The first-order valence-electron chi connectivity index (χ1n) is 6.21. The molecule has 1 saturated carbocycles. The van der Waals surface area contributed by atoms with E-state index in [4.69, 9.17) is 11.6 Å². The average molecular weight is 382 g/mol. The summed E-state index contributed by atoms with van der Waals surface area (Å²) in [6.45, 7) is 0. The van der Waals surface area contributed by atoms with Gasteiger partial charge in [-0.25, -0.2) is 13.1 Å². The highest BCUT2D eigenvalue weighted by Crippen LogP contribution is 2.56. The summed E-state index contributed by atoms with van der Waals surface area (Å²) < 4.78 is 103. The smallest absolute Gasteiger partial charge is 0.207 e. The standard InChI is InChI=1S/C12H10ClF6NO2S/c13-7-1-3-8(4-2-7)23(21,22)20-10(5-6-10)9(11(14,15)16)12(17,18)19/h1-4,9,20H,5-6H2. The zero-order valence-electron chi connectivity index (χ0n) is 11.2. The Labute approximate surface area is 132 Å². The molecule has 0 unspecified atom stereocenters. The van der Waals surface area contributed by atoms with Gasteiger partial charge in [-0.15, -0.1) is 0 Å². The van der Waals surface area contributed by atoms with Crippen molar-refractivity contribution in [2.45, 2.75) is 35.6 Å². The van der Waals surface area contributed by atoms with Gasteiger partial charge >= 0.3 is 12.4 Å². The van der Waals surface area contributed by atoms with Gasteiger partial charge in [0.15, 0.2) is 5.92 Å². The van der Waals surface area contributed by atoms with Crippen molar-refractivity contribution in [3.05, 3.63) is 29.3 Å². The molecular formula is C12H10ClF6NO2S. The van der Waals surface area contributed by atoms with Gasteiger partial charge in [-0.3, -0.25) is 0 Å². The summed E-state index contributed by atoms with van der Waals surface area (Å²) >= 11 is 5.56. The highest BCUT2D eigenvalue weighted by molar-refractivity contribution is 7.89. The number of rotatable bonds is 4. The van der Waals surface area contributed by atoms with Gasteiger partial charge in [-0.05, 0) is 37.1 Å². The van der Waals surface area contributed by atoms with E-state index >= 15 is 0 Å². The van der Waals surface area contributed by atoms with Crippen LogP contribution in [0.1, 0.15) is 12.8 Å². The Bertz CT molecular complexity index is 665. The lowest BCUT2D eigenvalue weighted by atomic mass is 9.97. The minimum absolute atomic E-state index is 0.175. The van der Waals surface area contributed by atoms with Crippen molar-refractivity contribution in [3.63, 3.8) is 0 Å². The Hall–Kier alpha value is -1.00. The highest BCUT2D eigenvalue weighted by Gasteiger charge is 2.71. The van der Waals surface area contributed by atoms with Gasteiger partial charge in [0.2, 0.25) is 10.0 Å². The van der Waals surface area contributed by atoms with Crippen LogP contribution in [-0.4, -0.2) is 26.3 Å². The molecule has 2 rings (SSSR count).